The fraction of sp³-hybridized carbons (Fsp3) is 0.778. The standard InChI is InChI=1S/C5H10O2.C4H8O2/c1-3-5(6)7-4-2;1-3-4(5)6-2/h3-4H2,1-2H3;3H2,1-2H3. The number of carbonyl (C=O) groups excluding carboxylic acids is 2. The van der Waals surface area contributed by atoms with Crippen LogP contribution < -0.4 is 0 Å². The molecule has 0 aliphatic carbocycles. The third-order valence-corrected chi connectivity index (χ3v) is 1.11. The van der Waals surface area contributed by atoms with Gasteiger partial charge in [0.15, 0.2) is 0 Å². The van der Waals surface area contributed by atoms with Crippen LogP contribution in [0.3, 0.4) is 0 Å². The van der Waals surface area contributed by atoms with Gasteiger partial charge in [0.1, 0.15) is 0 Å². The summed E-state index contributed by atoms with van der Waals surface area (Å²) in [5, 5.41) is 0. The van der Waals surface area contributed by atoms with Gasteiger partial charge in [-0.1, -0.05) is 13.8 Å². The third kappa shape index (κ3) is 13.9. The van der Waals surface area contributed by atoms with Crippen LogP contribution in [0.5, 0.6) is 0 Å². The molecule has 0 bridgehead atoms. The Kier molecular flexibility index (Phi) is 12.2. The lowest BCUT2D eigenvalue weighted by atomic mass is 10.5. The van der Waals surface area contributed by atoms with Crippen LogP contribution in [0.15, 0.2) is 0 Å². The summed E-state index contributed by atoms with van der Waals surface area (Å²) in [6.07, 6.45) is 0.949. The van der Waals surface area contributed by atoms with E-state index < -0.39 is 0 Å². The second-order valence-electron chi connectivity index (χ2n) is 2.09. The minimum absolute atomic E-state index is 0.123. The van der Waals surface area contributed by atoms with Crippen molar-refractivity contribution in [3.05, 3.63) is 0 Å². The maximum absolute atomic E-state index is 10.2. The number of ether oxygens (including phenoxy) is 2. The Morgan fingerprint density at radius 3 is 1.54 bits per heavy atom. The minimum Gasteiger partial charge on any atom is -0.469 e. The SMILES string of the molecule is CCC(=O)OC.CCOC(=O)CC. The molecule has 4 heteroatoms. The molecule has 4 nitrogen and oxygen atoms in total. The normalized spacial score (nSPS) is 8.00. The average Bonchev–Trinajstić information content (AvgIpc) is 2.18. The maximum atomic E-state index is 10.2. The molecule has 0 aliphatic heterocycles. The Morgan fingerprint density at radius 1 is 1.00 bits per heavy atom. The van der Waals surface area contributed by atoms with Crippen molar-refractivity contribution in [1.82, 2.24) is 0 Å². The van der Waals surface area contributed by atoms with Gasteiger partial charge in [0.2, 0.25) is 0 Å². The third-order valence-electron chi connectivity index (χ3n) is 1.11. The highest BCUT2D eigenvalue weighted by Crippen LogP contribution is 1.80. The largest absolute Gasteiger partial charge is 0.469 e. The van der Waals surface area contributed by atoms with Crippen molar-refractivity contribution >= 4 is 11.9 Å². The number of methoxy groups -OCH3 is 1. The monoisotopic (exact) mass is 190 g/mol. The molecule has 0 N–H and O–H groups in total. The van der Waals surface area contributed by atoms with E-state index in [1.54, 1.807) is 20.8 Å². The first-order valence-corrected chi connectivity index (χ1v) is 4.34. The van der Waals surface area contributed by atoms with Gasteiger partial charge in [0.25, 0.3) is 0 Å². The van der Waals surface area contributed by atoms with Gasteiger partial charge in [-0.2, -0.15) is 0 Å². The number of esters is 2. The van der Waals surface area contributed by atoms with Crippen molar-refractivity contribution in [2.75, 3.05) is 13.7 Å². The summed E-state index contributed by atoms with van der Waals surface area (Å²) in [6.45, 7) is 5.82. The molecule has 0 fully saturated rings. The molecule has 0 aromatic heterocycles. The lowest BCUT2D eigenvalue weighted by Crippen LogP contribution is -2.00. The maximum Gasteiger partial charge on any atom is 0.305 e. The van der Waals surface area contributed by atoms with Crippen molar-refractivity contribution in [3.63, 3.8) is 0 Å². The second kappa shape index (κ2) is 10.9. The van der Waals surface area contributed by atoms with Crippen LogP contribution in [-0.4, -0.2) is 25.7 Å². The van der Waals surface area contributed by atoms with Crippen molar-refractivity contribution in [1.29, 1.82) is 0 Å². The van der Waals surface area contributed by atoms with Gasteiger partial charge < -0.3 is 9.47 Å². The predicted molar refractivity (Wildman–Crippen MR) is 49.2 cm³/mol. The molecule has 0 rings (SSSR count). The van der Waals surface area contributed by atoms with E-state index in [2.05, 4.69) is 9.47 Å². The van der Waals surface area contributed by atoms with Gasteiger partial charge in [-0.05, 0) is 6.92 Å². The van der Waals surface area contributed by atoms with E-state index in [1.165, 1.54) is 7.11 Å². The summed E-state index contributed by atoms with van der Waals surface area (Å²) in [5.41, 5.74) is 0. The first-order chi connectivity index (χ1) is 6.12. The van der Waals surface area contributed by atoms with E-state index in [4.69, 9.17) is 0 Å². The minimum atomic E-state index is -0.157. The first-order valence-electron chi connectivity index (χ1n) is 4.34. The molecule has 13 heavy (non-hydrogen) atoms. The summed E-state index contributed by atoms with van der Waals surface area (Å²) in [7, 11) is 1.38. The highest BCUT2D eigenvalue weighted by molar-refractivity contribution is 5.68. The van der Waals surface area contributed by atoms with Crippen LogP contribution in [0.1, 0.15) is 33.6 Å². The van der Waals surface area contributed by atoms with E-state index in [9.17, 15) is 9.59 Å². The fourth-order valence-electron chi connectivity index (χ4n) is 0.407. The highest BCUT2D eigenvalue weighted by atomic mass is 16.5. The van der Waals surface area contributed by atoms with Gasteiger partial charge in [0.05, 0.1) is 13.7 Å². The summed E-state index contributed by atoms with van der Waals surface area (Å²) in [4.78, 5) is 20.1. The quantitative estimate of drug-likeness (QED) is 0.633. The van der Waals surface area contributed by atoms with Crippen molar-refractivity contribution in [3.8, 4) is 0 Å². The molecular weight excluding hydrogens is 172 g/mol. The van der Waals surface area contributed by atoms with Crippen LogP contribution in [0.25, 0.3) is 0 Å². The number of hydrogen-bond donors (Lipinski definition) is 0. The van der Waals surface area contributed by atoms with Crippen molar-refractivity contribution < 1.29 is 19.1 Å². The van der Waals surface area contributed by atoms with Gasteiger partial charge >= 0.3 is 11.9 Å². The summed E-state index contributed by atoms with van der Waals surface area (Å²) in [5.74, 6) is -0.280. The second-order valence-corrected chi connectivity index (χ2v) is 2.09. The van der Waals surface area contributed by atoms with Crippen LogP contribution in [0, 0.1) is 0 Å². The molecule has 0 spiro atoms. The molecule has 0 saturated carbocycles. The van der Waals surface area contributed by atoms with E-state index in [0.717, 1.165) is 0 Å². The Hall–Kier alpha value is -1.06. The van der Waals surface area contributed by atoms with E-state index in [0.29, 0.717) is 19.4 Å². The summed E-state index contributed by atoms with van der Waals surface area (Å²) in [6, 6.07) is 0. The van der Waals surface area contributed by atoms with Gasteiger partial charge in [-0.25, -0.2) is 0 Å². The zero-order chi connectivity index (χ0) is 10.7. The number of rotatable bonds is 3. The van der Waals surface area contributed by atoms with E-state index in [1.807, 2.05) is 0 Å². The van der Waals surface area contributed by atoms with Crippen molar-refractivity contribution in [2.45, 2.75) is 33.6 Å². The molecule has 78 valence electrons. The van der Waals surface area contributed by atoms with Gasteiger partial charge in [-0.3, -0.25) is 9.59 Å². The van der Waals surface area contributed by atoms with Gasteiger partial charge in [0, 0.05) is 12.8 Å². The van der Waals surface area contributed by atoms with Crippen molar-refractivity contribution in [2.24, 2.45) is 0 Å². The molecule has 0 radical (unpaired) electrons. The highest BCUT2D eigenvalue weighted by Gasteiger charge is 1.91. The molecule has 0 unspecified atom stereocenters. The number of carbonyl (C=O) groups is 2. The molecule has 0 atom stereocenters. The smallest absolute Gasteiger partial charge is 0.305 e. The topological polar surface area (TPSA) is 52.6 Å². The van der Waals surface area contributed by atoms with E-state index >= 15 is 0 Å². The predicted octanol–water partition coefficient (Wildman–Crippen LogP) is 1.53. The Morgan fingerprint density at radius 2 is 1.46 bits per heavy atom. The Bertz CT molecular complexity index is 137. The van der Waals surface area contributed by atoms with E-state index in [-0.39, 0.29) is 11.9 Å². The summed E-state index contributed by atoms with van der Waals surface area (Å²) >= 11 is 0. The molecular formula is C9H18O4. The zero-order valence-corrected chi connectivity index (χ0v) is 8.75. The molecule has 0 aromatic carbocycles. The molecule has 0 amide bonds. The number of hydrogen-bond acceptors (Lipinski definition) is 4. The molecule has 0 aliphatic rings. The fourth-order valence-corrected chi connectivity index (χ4v) is 0.407. The Labute approximate surface area is 79.2 Å². The first kappa shape index (κ1) is 14.5. The molecule has 0 saturated heterocycles. The molecule has 0 heterocycles. The average molecular weight is 190 g/mol. The van der Waals surface area contributed by atoms with Crippen LogP contribution in [-0.2, 0) is 19.1 Å². The lowest BCUT2D eigenvalue weighted by molar-refractivity contribution is -0.142. The molecule has 0 aromatic rings. The van der Waals surface area contributed by atoms with Crippen LogP contribution in [0.4, 0.5) is 0 Å². The van der Waals surface area contributed by atoms with Crippen LogP contribution >= 0.6 is 0 Å². The summed E-state index contributed by atoms with van der Waals surface area (Å²) < 4.78 is 8.81. The van der Waals surface area contributed by atoms with Gasteiger partial charge in [-0.15, -0.1) is 0 Å². The lowest BCUT2D eigenvalue weighted by Gasteiger charge is -1.93. The van der Waals surface area contributed by atoms with Crippen LogP contribution in [0.2, 0.25) is 0 Å². The Balaban J connectivity index is 0. The zero-order valence-electron chi connectivity index (χ0n) is 8.75.